The summed E-state index contributed by atoms with van der Waals surface area (Å²) in [6.07, 6.45) is 0. The van der Waals surface area contributed by atoms with Gasteiger partial charge in [-0.2, -0.15) is 0 Å². The van der Waals surface area contributed by atoms with Gasteiger partial charge in [-0.3, -0.25) is 4.79 Å². The zero-order chi connectivity index (χ0) is 13.3. The minimum Gasteiger partial charge on any atom is -0.478 e. The third-order valence-electron chi connectivity index (χ3n) is 2.94. The topological polar surface area (TPSA) is 63.6 Å². The molecule has 1 N–H and O–H groups in total. The van der Waals surface area contributed by atoms with Crippen LogP contribution in [-0.2, 0) is 4.79 Å². The van der Waals surface area contributed by atoms with Crippen molar-refractivity contribution in [2.75, 3.05) is 0 Å². The molecule has 0 heterocycles. The summed E-state index contributed by atoms with van der Waals surface area (Å²) in [6.45, 7) is 4.03. The van der Waals surface area contributed by atoms with Crippen molar-refractivity contribution in [3.05, 3.63) is 41.0 Å². The van der Waals surface area contributed by atoms with Crippen LogP contribution < -0.4 is 4.74 Å². The summed E-state index contributed by atoms with van der Waals surface area (Å²) in [7, 11) is 0. The van der Waals surface area contributed by atoms with Crippen molar-refractivity contribution in [3.8, 4) is 5.75 Å². The number of rotatable bonds is 3. The molecule has 2 aromatic carbocycles. The van der Waals surface area contributed by atoms with Crippen LogP contribution in [-0.4, -0.2) is 17.5 Å². The fourth-order valence-corrected chi connectivity index (χ4v) is 2.13. The van der Waals surface area contributed by atoms with E-state index in [4.69, 9.17) is 4.74 Å². The number of hydrogen-bond donors (Lipinski definition) is 1. The maximum atomic E-state index is 11.2. The fourth-order valence-electron chi connectivity index (χ4n) is 2.13. The lowest BCUT2D eigenvalue weighted by Crippen LogP contribution is -2.01. The van der Waals surface area contributed by atoms with Crippen LogP contribution in [0.5, 0.6) is 5.75 Å². The molecular weight excluding hydrogens is 232 g/mol. The van der Waals surface area contributed by atoms with Gasteiger partial charge in [-0.15, -0.1) is 0 Å². The fraction of sp³-hybridized carbons (Fsp3) is 0.143. The van der Waals surface area contributed by atoms with Gasteiger partial charge in [0.25, 0.3) is 6.47 Å². The number of hydrogen-bond acceptors (Lipinski definition) is 3. The third kappa shape index (κ3) is 1.82. The Morgan fingerprint density at radius 1 is 1.11 bits per heavy atom. The van der Waals surface area contributed by atoms with Crippen LogP contribution in [0.25, 0.3) is 10.8 Å². The van der Waals surface area contributed by atoms with E-state index in [1.165, 1.54) is 12.1 Å². The average Bonchev–Trinajstić information content (AvgIpc) is 2.34. The van der Waals surface area contributed by atoms with Crippen LogP contribution in [0.2, 0.25) is 0 Å². The van der Waals surface area contributed by atoms with E-state index in [1.807, 2.05) is 26.0 Å². The second-order valence-electron chi connectivity index (χ2n) is 4.08. The molecule has 92 valence electrons. The highest BCUT2D eigenvalue weighted by Gasteiger charge is 2.15. The molecule has 0 fully saturated rings. The molecule has 0 bridgehead atoms. The number of fused-ring (bicyclic) bond motifs is 1. The minimum absolute atomic E-state index is 0.212. The predicted molar refractivity (Wildman–Crippen MR) is 67.1 cm³/mol. The monoisotopic (exact) mass is 244 g/mol. The van der Waals surface area contributed by atoms with Crippen LogP contribution >= 0.6 is 0 Å². The van der Waals surface area contributed by atoms with Crippen molar-refractivity contribution in [2.24, 2.45) is 0 Å². The summed E-state index contributed by atoms with van der Waals surface area (Å²) in [5, 5.41) is 10.5. The molecule has 18 heavy (non-hydrogen) atoms. The molecule has 0 unspecified atom stereocenters. The third-order valence-corrected chi connectivity index (χ3v) is 2.94. The maximum absolute atomic E-state index is 11.2. The standard InChI is InChI=1S/C14H12O4/c1-8-3-4-9(2)13-11(18-7-15)6-5-10(12(8)13)14(16)17/h3-7H,1-2H3,(H,16,17). The largest absolute Gasteiger partial charge is 0.478 e. The summed E-state index contributed by atoms with van der Waals surface area (Å²) >= 11 is 0. The van der Waals surface area contributed by atoms with Gasteiger partial charge in [-0.25, -0.2) is 4.79 Å². The lowest BCUT2D eigenvalue weighted by molar-refractivity contribution is -0.120. The number of carbonyl (C=O) groups excluding carboxylic acids is 1. The van der Waals surface area contributed by atoms with Gasteiger partial charge >= 0.3 is 5.97 Å². The number of ether oxygens (including phenoxy) is 1. The molecule has 0 aliphatic carbocycles. The summed E-state index contributed by atoms with van der Waals surface area (Å²) in [5.41, 5.74) is 1.92. The van der Waals surface area contributed by atoms with E-state index in [0.717, 1.165) is 11.1 Å². The van der Waals surface area contributed by atoms with Gasteiger partial charge < -0.3 is 9.84 Å². The number of carboxylic acid groups (broad SMARTS) is 1. The molecule has 4 nitrogen and oxygen atoms in total. The Hall–Kier alpha value is -2.36. The first-order chi connectivity index (χ1) is 8.56. The summed E-state index contributed by atoms with van der Waals surface area (Å²) in [6, 6.07) is 6.69. The predicted octanol–water partition coefficient (Wildman–Crippen LogP) is 2.69. The van der Waals surface area contributed by atoms with Crippen LogP contribution in [0.4, 0.5) is 0 Å². The smallest absolute Gasteiger partial charge is 0.336 e. The lowest BCUT2D eigenvalue weighted by Gasteiger charge is -2.12. The molecule has 0 saturated heterocycles. The van der Waals surface area contributed by atoms with E-state index in [2.05, 4.69) is 0 Å². The van der Waals surface area contributed by atoms with Crippen molar-refractivity contribution in [3.63, 3.8) is 0 Å². The number of carbonyl (C=O) groups is 2. The molecule has 0 spiro atoms. The first kappa shape index (κ1) is 12.1. The van der Waals surface area contributed by atoms with Crippen molar-refractivity contribution >= 4 is 23.2 Å². The van der Waals surface area contributed by atoms with Gasteiger partial charge in [0, 0.05) is 10.8 Å². The Kier molecular flexibility index (Phi) is 3.02. The zero-order valence-electron chi connectivity index (χ0n) is 10.1. The second kappa shape index (κ2) is 4.49. The first-order valence-electron chi connectivity index (χ1n) is 5.42. The van der Waals surface area contributed by atoms with Crippen molar-refractivity contribution in [1.82, 2.24) is 0 Å². The maximum Gasteiger partial charge on any atom is 0.336 e. The molecule has 0 aromatic heterocycles. The molecule has 0 radical (unpaired) electrons. The van der Waals surface area contributed by atoms with E-state index < -0.39 is 5.97 Å². The lowest BCUT2D eigenvalue weighted by atomic mass is 9.96. The first-order valence-corrected chi connectivity index (χ1v) is 5.42. The van der Waals surface area contributed by atoms with E-state index in [9.17, 15) is 14.7 Å². The Morgan fingerprint density at radius 3 is 2.28 bits per heavy atom. The highest BCUT2D eigenvalue weighted by molar-refractivity contribution is 6.08. The quantitative estimate of drug-likeness (QED) is 0.843. The summed E-state index contributed by atoms with van der Waals surface area (Å²) in [5.74, 6) is -0.613. The Balaban J connectivity index is 2.94. The van der Waals surface area contributed by atoms with Gasteiger partial charge in [-0.1, -0.05) is 12.1 Å². The normalized spacial score (nSPS) is 10.3. The molecule has 2 rings (SSSR count). The van der Waals surface area contributed by atoms with Gasteiger partial charge in [0.15, 0.2) is 0 Å². The summed E-state index contributed by atoms with van der Waals surface area (Å²) in [4.78, 5) is 21.7. The van der Waals surface area contributed by atoms with Gasteiger partial charge in [-0.05, 0) is 37.1 Å². The second-order valence-corrected chi connectivity index (χ2v) is 4.08. The van der Waals surface area contributed by atoms with Crippen LogP contribution in [0, 0.1) is 13.8 Å². The van der Waals surface area contributed by atoms with E-state index in [0.29, 0.717) is 23.0 Å². The molecular formula is C14H12O4. The molecule has 2 aromatic rings. The minimum atomic E-state index is -0.994. The zero-order valence-corrected chi connectivity index (χ0v) is 10.1. The van der Waals surface area contributed by atoms with Crippen molar-refractivity contribution in [1.29, 1.82) is 0 Å². The van der Waals surface area contributed by atoms with E-state index >= 15 is 0 Å². The molecule has 0 aliphatic heterocycles. The molecule has 4 heteroatoms. The highest BCUT2D eigenvalue weighted by Crippen LogP contribution is 2.33. The Labute approximate surface area is 104 Å². The van der Waals surface area contributed by atoms with Crippen LogP contribution in [0.3, 0.4) is 0 Å². The average molecular weight is 244 g/mol. The van der Waals surface area contributed by atoms with Crippen LogP contribution in [0.15, 0.2) is 24.3 Å². The van der Waals surface area contributed by atoms with Gasteiger partial charge in [0.05, 0.1) is 5.56 Å². The van der Waals surface area contributed by atoms with E-state index in [1.54, 1.807) is 0 Å². The number of aromatic carboxylic acids is 1. The molecule has 0 atom stereocenters. The van der Waals surface area contributed by atoms with Gasteiger partial charge in [0.1, 0.15) is 5.75 Å². The van der Waals surface area contributed by atoms with Crippen LogP contribution in [0.1, 0.15) is 21.5 Å². The summed E-state index contributed by atoms with van der Waals surface area (Å²) < 4.78 is 4.92. The van der Waals surface area contributed by atoms with Crippen molar-refractivity contribution in [2.45, 2.75) is 13.8 Å². The Morgan fingerprint density at radius 2 is 1.72 bits per heavy atom. The SMILES string of the molecule is Cc1ccc(C)c2c(C(=O)O)ccc(OC=O)c12. The van der Waals surface area contributed by atoms with Gasteiger partial charge in [0.2, 0.25) is 0 Å². The number of aryl methyl sites for hydroxylation is 2. The molecule has 0 amide bonds. The van der Waals surface area contributed by atoms with E-state index in [-0.39, 0.29) is 5.56 Å². The van der Waals surface area contributed by atoms with Crippen molar-refractivity contribution < 1.29 is 19.4 Å². The molecule has 0 saturated carbocycles. The Bertz CT molecular complexity index is 644. The molecule has 0 aliphatic rings. The number of carboxylic acids is 1. The number of benzene rings is 2. The highest BCUT2D eigenvalue weighted by atomic mass is 16.5.